The van der Waals surface area contributed by atoms with Crippen LogP contribution in [0, 0.1) is 11.3 Å². The standard InChI is InChI=1S/C14H17F3N2O/c1-3-6-13(2,20)9-19-12-5-4-11(14(15,16)17)7-10(12)8-18/h4-5,7,19-20H,3,6,9H2,1-2H3. The van der Waals surface area contributed by atoms with E-state index in [1.54, 1.807) is 13.0 Å². The van der Waals surface area contributed by atoms with Crippen molar-refractivity contribution in [3.8, 4) is 6.07 Å². The van der Waals surface area contributed by atoms with Crippen LogP contribution < -0.4 is 5.32 Å². The van der Waals surface area contributed by atoms with Crippen LogP contribution in [0.5, 0.6) is 0 Å². The maximum absolute atomic E-state index is 12.5. The summed E-state index contributed by atoms with van der Waals surface area (Å²) in [5.41, 5.74) is -1.63. The van der Waals surface area contributed by atoms with Gasteiger partial charge in [-0.15, -0.1) is 0 Å². The van der Waals surface area contributed by atoms with Gasteiger partial charge in [-0.1, -0.05) is 13.3 Å². The van der Waals surface area contributed by atoms with Gasteiger partial charge in [-0.25, -0.2) is 0 Å². The van der Waals surface area contributed by atoms with Gasteiger partial charge in [0.05, 0.1) is 22.4 Å². The lowest BCUT2D eigenvalue weighted by Gasteiger charge is -2.24. The summed E-state index contributed by atoms with van der Waals surface area (Å²) < 4.78 is 37.6. The molecule has 0 bridgehead atoms. The molecule has 110 valence electrons. The van der Waals surface area contributed by atoms with E-state index in [2.05, 4.69) is 5.32 Å². The summed E-state index contributed by atoms with van der Waals surface area (Å²) in [4.78, 5) is 0. The molecule has 0 spiro atoms. The lowest BCUT2D eigenvalue weighted by atomic mass is 10.0. The van der Waals surface area contributed by atoms with Crippen molar-refractivity contribution in [2.75, 3.05) is 11.9 Å². The second-order valence-electron chi connectivity index (χ2n) is 4.97. The second-order valence-corrected chi connectivity index (χ2v) is 4.97. The molecule has 0 fully saturated rings. The van der Waals surface area contributed by atoms with Gasteiger partial charge < -0.3 is 10.4 Å². The van der Waals surface area contributed by atoms with Gasteiger partial charge in [-0.05, 0) is 31.5 Å². The predicted octanol–water partition coefficient (Wildman–Crippen LogP) is 3.54. The van der Waals surface area contributed by atoms with Crippen molar-refractivity contribution in [2.45, 2.75) is 38.5 Å². The highest BCUT2D eigenvalue weighted by Gasteiger charge is 2.31. The number of rotatable bonds is 5. The van der Waals surface area contributed by atoms with E-state index in [0.29, 0.717) is 6.42 Å². The molecule has 1 rings (SSSR count). The lowest BCUT2D eigenvalue weighted by molar-refractivity contribution is -0.137. The van der Waals surface area contributed by atoms with Crippen LogP contribution in [0.3, 0.4) is 0 Å². The van der Waals surface area contributed by atoms with E-state index >= 15 is 0 Å². The van der Waals surface area contributed by atoms with Crippen LogP contribution in [-0.4, -0.2) is 17.3 Å². The normalized spacial score (nSPS) is 14.4. The molecule has 0 saturated heterocycles. The summed E-state index contributed by atoms with van der Waals surface area (Å²) in [6.07, 6.45) is -3.13. The molecule has 0 saturated carbocycles. The van der Waals surface area contributed by atoms with Crippen molar-refractivity contribution in [2.24, 2.45) is 0 Å². The van der Waals surface area contributed by atoms with Crippen LogP contribution >= 0.6 is 0 Å². The van der Waals surface area contributed by atoms with Gasteiger partial charge in [0, 0.05) is 6.54 Å². The summed E-state index contributed by atoms with van der Waals surface area (Å²) >= 11 is 0. The van der Waals surface area contributed by atoms with Crippen molar-refractivity contribution >= 4 is 5.69 Å². The Morgan fingerprint density at radius 2 is 2.00 bits per heavy atom. The Balaban J connectivity index is 2.90. The van der Waals surface area contributed by atoms with E-state index in [4.69, 9.17) is 5.26 Å². The molecule has 0 radical (unpaired) electrons. The summed E-state index contributed by atoms with van der Waals surface area (Å²) in [5, 5.41) is 21.7. The Hall–Kier alpha value is -1.74. The van der Waals surface area contributed by atoms with Gasteiger partial charge in [-0.3, -0.25) is 0 Å². The zero-order valence-electron chi connectivity index (χ0n) is 11.4. The minimum atomic E-state index is -4.47. The Morgan fingerprint density at radius 1 is 1.35 bits per heavy atom. The van der Waals surface area contributed by atoms with E-state index in [-0.39, 0.29) is 17.8 Å². The fourth-order valence-electron chi connectivity index (χ4n) is 1.88. The molecule has 6 heteroatoms. The topological polar surface area (TPSA) is 56.0 Å². The molecule has 0 aliphatic rings. The number of hydrogen-bond acceptors (Lipinski definition) is 3. The van der Waals surface area contributed by atoms with Gasteiger partial charge in [0.1, 0.15) is 6.07 Å². The van der Waals surface area contributed by atoms with Crippen LogP contribution in [0.25, 0.3) is 0 Å². The first-order valence-corrected chi connectivity index (χ1v) is 6.27. The number of anilines is 1. The predicted molar refractivity (Wildman–Crippen MR) is 70.2 cm³/mol. The van der Waals surface area contributed by atoms with Crippen molar-refractivity contribution in [3.05, 3.63) is 29.3 Å². The van der Waals surface area contributed by atoms with Gasteiger partial charge in [-0.2, -0.15) is 18.4 Å². The molecule has 0 aromatic heterocycles. The molecule has 1 atom stereocenters. The van der Waals surface area contributed by atoms with Crippen LogP contribution in [0.1, 0.15) is 37.8 Å². The summed E-state index contributed by atoms with van der Waals surface area (Å²) in [5.74, 6) is 0. The molecule has 0 heterocycles. The molecule has 20 heavy (non-hydrogen) atoms. The van der Waals surface area contributed by atoms with E-state index in [0.717, 1.165) is 18.6 Å². The molecule has 0 aliphatic heterocycles. The SMILES string of the molecule is CCCC(C)(O)CNc1ccc(C(F)(F)F)cc1C#N. The number of nitrogens with one attached hydrogen (secondary N) is 1. The Labute approximate surface area is 116 Å². The number of hydrogen-bond donors (Lipinski definition) is 2. The molecule has 1 aromatic rings. The Kier molecular flexibility index (Phi) is 5.01. The van der Waals surface area contributed by atoms with Crippen molar-refractivity contribution in [3.63, 3.8) is 0 Å². The second kappa shape index (κ2) is 6.14. The fourth-order valence-corrected chi connectivity index (χ4v) is 1.88. The third kappa shape index (κ3) is 4.42. The fraction of sp³-hybridized carbons (Fsp3) is 0.500. The smallest absolute Gasteiger partial charge is 0.388 e. The summed E-state index contributed by atoms with van der Waals surface area (Å²) in [6.45, 7) is 3.73. The third-order valence-corrected chi connectivity index (χ3v) is 2.92. The zero-order valence-corrected chi connectivity index (χ0v) is 11.4. The van der Waals surface area contributed by atoms with Crippen molar-refractivity contribution < 1.29 is 18.3 Å². The average molecular weight is 286 g/mol. The summed E-state index contributed by atoms with van der Waals surface area (Å²) in [7, 11) is 0. The maximum Gasteiger partial charge on any atom is 0.416 e. The lowest BCUT2D eigenvalue weighted by Crippen LogP contribution is -2.33. The molecule has 3 nitrogen and oxygen atoms in total. The largest absolute Gasteiger partial charge is 0.416 e. The number of alkyl halides is 3. The Bertz CT molecular complexity index is 504. The first-order chi connectivity index (χ1) is 9.19. The number of aliphatic hydroxyl groups is 1. The van der Waals surface area contributed by atoms with Crippen molar-refractivity contribution in [1.29, 1.82) is 5.26 Å². The van der Waals surface area contributed by atoms with E-state index in [9.17, 15) is 18.3 Å². The first-order valence-electron chi connectivity index (χ1n) is 6.27. The summed E-state index contributed by atoms with van der Waals surface area (Å²) in [6, 6.07) is 4.66. The molecular weight excluding hydrogens is 269 g/mol. The van der Waals surface area contributed by atoms with E-state index in [1.807, 2.05) is 6.92 Å². The molecule has 1 unspecified atom stereocenters. The van der Waals surface area contributed by atoms with Crippen LogP contribution in [-0.2, 0) is 6.18 Å². The van der Waals surface area contributed by atoms with Gasteiger partial charge >= 0.3 is 6.18 Å². The number of nitriles is 1. The molecular formula is C14H17F3N2O. The average Bonchev–Trinajstić information content (AvgIpc) is 2.35. The minimum Gasteiger partial charge on any atom is -0.388 e. The first kappa shape index (κ1) is 16.3. The van der Waals surface area contributed by atoms with Crippen LogP contribution in [0.2, 0.25) is 0 Å². The minimum absolute atomic E-state index is 0.0906. The van der Waals surface area contributed by atoms with Crippen molar-refractivity contribution in [1.82, 2.24) is 0 Å². The molecule has 0 amide bonds. The van der Waals surface area contributed by atoms with Gasteiger partial charge in [0.2, 0.25) is 0 Å². The third-order valence-electron chi connectivity index (χ3n) is 2.92. The molecule has 0 aliphatic carbocycles. The van der Waals surface area contributed by atoms with E-state index in [1.165, 1.54) is 6.07 Å². The molecule has 1 aromatic carbocycles. The quantitative estimate of drug-likeness (QED) is 0.870. The number of benzene rings is 1. The monoisotopic (exact) mass is 286 g/mol. The number of halogens is 3. The maximum atomic E-state index is 12.5. The Morgan fingerprint density at radius 3 is 2.50 bits per heavy atom. The number of nitrogens with zero attached hydrogens (tertiary/aromatic N) is 1. The highest BCUT2D eigenvalue weighted by molar-refractivity contribution is 5.59. The zero-order chi connectivity index (χ0) is 15.4. The molecule has 2 N–H and O–H groups in total. The van der Waals surface area contributed by atoms with Crippen LogP contribution in [0.4, 0.5) is 18.9 Å². The van der Waals surface area contributed by atoms with Crippen LogP contribution in [0.15, 0.2) is 18.2 Å². The highest BCUT2D eigenvalue weighted by Crippen LogP contribution is 2.31. The van der Waals surface area contributed by atoms with E-state index < -0.39 is 17.3 Å². The van der Waals surface area contributed by atoms with Gasteiger partial charge in [0.15, 0.2) is 0 Å². The van der Waals surface area contributed by atoms with Gasteiger partial charge in [0.25, 0.3) is 0 Å². The highest BCUT2D eigenvalue weighted by atomic mass is 19.4.